The molecule has 0 unspecified atom stereocenters. The Balaban J connectivity index is 2.14. The second kappa shape index (κ2) is 3.28. The lowest BCUT2D eigenvalue weighted by Gasteiger charge is -1.99. The molecule has 3 rings (SSSR count). The highest BCUT2D eigenvalue weighted by atomic mass is 16.3. The van der Waals surface area contributed by atoms with Crippen molar-refractivity contribution in [3.8, 4) is 5.75 Å². The van der Waals surface area contributed by atoms with Gasteiger partial charge in [-0.2, -0.15) is 0 Å². The van der Waals surface area contributed by atoms with Crippen molar-refractivity contribution in [3.63, 3.8) is 0 Å². The van der Waals surface area contributed by atoms with Gasteiger partial charge in [0.25, 0.3) is 0 Å². The topological polar surface area (TPSA) is 54.4 Å². The van der Waals surface area contributed by atoms with Crippen LogP contribution in [0.3, 0.4) is 0 Å². The number of phenols is 1. The molecule has 0 aliphatic heterocycles. The van der Waals surface area contributed by atoms with E-state index in [-0.39, 0.29) is 22.3 Å². The molecule has 3 aromatic carbocycles. The number of fused-ring (bicyclic) bond motifs is 1. The molecule has 0 radical (unpaired) electrons. The van der Waals surface area contributed by atoms with Crippen LogP contribution >= 0.6 is 0 Å². The second-order valence-corrected chi connectivity index (χ2v) is 3.91. The Morgan fingerprint density at radius 1 is 0.941 bits per heavy atom. The lowest BCUT2D eigenvalue weighted by molar-refractivity contribution is 0.104. The molecular weight excluding hydrogens is 216 g/mol. The van der Waals surface area contributed by atoms with E-state index in [0.717, 1.165) is 0 Å². The van der Waals surface area contributed by atoms with Gasteiger partial charge >= 0.3 is 0 Å². The molecule has 82 valence electrons. The van der Waals surface area contributed by atoms with Crippen molar-refractivity contribution >= 4 is 16.6 Å². The van der Waals surface area contributed by atoms with Gasteiger partial charge in [0.05, 0.1) is 5.39 Å². The van der Waals surface area contributed by atoms with Crippen LogP contribution in [0.15, 0.2) is 47.3 Å². The first-order valence-electron chi connectivity index (χ1n) is 5.20. The van der Waals surface area contributed by atoms with E-state index in [2.05, 4.69) is 0 Å². The predicted octanol–water partition coefficient (Wildman–Crippen LogP) is 2.01. The van der Waals surface area contributed by atoms with Crippen LogP contribution in [0.5, 0.6) is 5.75 Å². The summed E-state index contributed by atoms with van der Waals surface area (Å²) in [6.07, 6.45) is 0. The summed E-state index contributed by atoms with van der Waals surface area (Å²) in [5.41, 5.74) is 0.681. The van der Waals surface area contributed by atoms with Gasteiger partial charge in [0, 0.05) is 16.5 Å². The van der Waals surface area contributed by atoms with Gasteiger partial charge in [-0.15, -0.1) is 0 Å². The maximum atomic E-state index is 12.1. The number of phenolic OH excluding ortho intramolecular Hbond substituents is 1. The fraction of sp³-hybridized carbons (Fsp3) is 0. The van der Waals surface area contributed by atoms with Crippen molar-refractivity contribution in [2.24, 2.45) is 0 Å². The molecule has 0 spiro atoms. The summed E-state index contributed by atoms with van der Waals surface area (Å²) in [6, 6.07) is 11.7. The van der Waals surface area contributed by atoms with Gasteiger partial charge in [-0.25, -0.2) is 0 Å². The zero-order valence-corrected chi connectivity index (χ0v) is 8.81. The monoisotopic (exact) mass is 224 g/mol. The summed E-state index contributed by atoms with van der Waals surface area (Å²) in [5, 5.41) is 10.0. The van der Waals surface area contributed by atoms with Crippen LogP contribution < -0.4 is 5.43 Å². The number of carbonyl (C=O) groups is 1. The van der Waals surface area contributed by atoms with E-state index in [9.17, 15) is 14.7 Å². The van der Waals surface area contributed by atoms with E-state index >= 15 is 0 Å². The third kappa shape index (κ3) is 1.36. The second-order valence-electron chi connectivity index (χ2n) is 3.91. The van der Waals surface area contributed by atoms with Gasteiger partial charge in [0.15, 0.2) is 11.2 Å². The average molecular weight is 224 g/mol. The lowest BCUT2D eigenvalue weighted by atomic mass is 10.0. The number of benzene rings is 2. The molecule has 0 saturated heterocycles. The molecule has 0 atom stereocenters. The van der Waals surface area contributed by atoms with Crippen LogP contribution in [0, 0.1) is 0 Å². The maximum absolute atomic E-state index is 12.1. The molecule has 1 N–H and O–H groups in total. The lowest BCUT2D eigenvalue weighted by Crippen LogP contribution is -2.00. The van der Waals surface area contributed by atoms with E-state index in [4.69, 9.17) is 0 Å². The third-order valence-electron chi connectivity index (χ3n) is 2.86. The quantitative estimate of drug-likeness (QED) is 0.677. The highest BCUT2D eigenvalue weighted by Gasteiger charge is 2.24. The number of carbonyl (C=O) groups excluding carboxylic acids is 1. The summed E-state index contributed by atoms with van der Waals surface area (Å²) in [7, 11) is 0. The van der Waals surface area contributed by atoms with Crippen LogP contribution in [0.25, 0.3) is 10.8 Å². The van der Waals surface area contributed by atoms with Crippen LogP contribution in [0.1, 0.15) is 15.9 Å². The van der Waals surface area contributed by atoms with Gasteiger partial charge in [-0.1, -0.05) is 30.3 Å². The van der Waals surface area contributed by atoms with Gasteiger partial charge in [-0.3, -0.25) is 9.59 Å². The summed E-state index contributed by atoms with van der Waals surface area (Å²) < 4.78 is 0. The number of hydrogen-bond acceptors (Lipinski definition) is 3. The first kappa shape index (κ1) is 9.78. The number of aromatic hydroxyl groups is 1. The fourth-order valence-electron chi connectivity index (χ4n) is 1.93. The third-order valence-corrected chi connectivity index (χ3v) is 2.86. The molecule has 0 heterocycles. The number of rotatable bonds is 2. The Kier molecular flexibility index (Phi) is 1.89. The van der Waals surface area contributed by atoms with Crippen molar-refractivity contribution in [2.75, 3.05) is 0 Å². The summed E-state index contributed by atoms with van der Waals surface area (Å²) in [4.78, 5) is 23.5. The molecule has 0 amide bonds. The Morgan fingerprint density at radius 2 is 1.65 bits per heavy atom. The first-order chi connectivity index (χ1) is 8.20. The van der Waals surface area contributed by atoms with Crippen molar-refractivity contribution in [2.45, 2.75) is 0 Å². The van der Waals surface area contributed by atoms with Gasteiger partial charge in [0.1, 0.15) is 5.75 Å². The Bertz CT molecular complexity index is 731. The van der Waals surface area contributed by atoms with E-state index in [1.807, 2.05) is 6.07 Å². The molecule has 0 aliphatic rings. The molecule has 17 heavy (non-hydrogen) atoms. The largest absolute Gasteiger partial charge is 0.507 e. The van der Waals surface area contributed by atoms with Gasteiger partial charge < -0.3 is 5.11 Å². The smallest absolute Gasteiger partial charge is 0.199 e. The fourth-order valence-corrected chi connectivity index (χ4v) is 1.93. The highest BCUT2D eigenvalue weighted by Crippen LogP contribution is 2.30. The molecule has 0 aromatic heterocycles. The van der Waals surface area contributed by atoms with Crippen molar-refractivity contribution in [1.29, 1.82) is 0 Å². The van der Waals surface area contributed by atoms with E-state index in [1.165, 1.54) is 12.1 Å². The Hall–Kier alpha value is -2.42. The summed E-state index contributed by atoms with van der Waals surface area (Å²) in [5.74, 6) is -0.234. The van der Waals surface area contributed by atoms with Crippen molar-refractivity contribution < 1.29 is 9.90 Å². The molecular formula is C14H8O3. The summed E-state index contributed by atoms with van der Waals surface area (Å²) in [6.45, 7) is 0. The van der Waals surface area contributed by atoms with E-state index in [1.54, 1.807) is 24.3 Å². The van der Waals surface area contributed by atoms with Gasteiger partial charge in [-0.05, 0) is 12.1 Å². The number of ketones is 1. The molecule has 0 aliphatic carbocycles. The van der Waals surface area contributed by atoms with Crippen molar-refractivity contribution in [1.82, 2.24) is 0 Å². The molecule has 3 aromatic rings. The van der Waals surface area contributed by atoms with E-state index < -0.39 is 0 Å². The van der Waals surface area contributed by atoms with Crippen LogP contribution in [-0.2, 0) is 0 Å². The minimum atomic E-state index is -0.230. The van der Waals surface area contributed by atoms with Crippen LogP contribution in [0.2, 0.25) is 0 Å². The minimum absolute atomic E-state index is 0.0467. The zero-order chi connectivity index (χ0) is 12.0. The first-order valence-corrected chi connectivity index (χ1v) is 5.20. The average Bonchev–Trinajstić information content (AvgIpc) is 3.03. The molecule has 3 heteroatoms. The van der Waals surface area contributed by atoms with Crippen LogP contribution in [-0.4, -0.2) is 10.9 Å². The highest BCUT2D eigenvalue weighted by molar-refractivity contribution is 6.21. The minimum Gasteiger partial charge on any atom is -0.507 e. The molecule has 3 nitrogen and oxygen atoms in total. The van der Waals surface area contributed by atoms with E-state index in [0.29, 0.717) is 16.5 Å². The van der Waals surface area contributed by atoms with Gasteiger partial charge in [0.2, 0.25) is 0 Å². The molecule has 0 saturated carbocycles. The number of hydrogen-bond donors (Lipinski definition) is 1. The molecule has 0 fully saturated rings. The molecule has 0 bridgehead atoms. The van der Waals surface area contributed by atoms with Crippen molar-refractivity contribution in [3.05, 3.63) is 63.8 Å². The SMILES string of the molecule is O=C(c1ccccc1)c1ccc(O)c2c(=O)c12. The predicted molar refractivity (Wildman–Crippen MR) is 64.1 cm³/mol. The Labute approximate surface area is 96.6 Å². The normalized spacial score (nSPS) is 11.1. The standard InChI is InChI=1S/C14H8O3/c15-10-7-6-9(11-12(10)14(11)17)13(16)8-4-2-1-3-5-8/h1-7,15H. The summed E-state index contributed by atoms with van der Waals surface area (Å²) >= 11 is 0. The zero-order valence-electron chi connectivity index (χ0n) is 8.81. The Morgan fingerprint density at radius 3 is 2.35 bits per heavy atom. The van der Waals surface area contributed by atoms with Crippen LogP contribution in [0.4, 0.5) is 0 Å². The maximum Gasteiger partial charge on any atom is 0.199 e.